The molecule has 1 aliphatic heterocycles. The van der Waals surface area contributed by atoms with Crippen LogP contribution in [0.25, 0.3) is 11.3 Å². The van der Waals surface area contributed by atoms with E-state index in [0.29, 0.717) is 43.0 Å². The molecule has 2 heterocycles. The van der Waals surface area contributed by atoms with E-state index in [9.17, 15) is 18.0 Å². The number of halogens is 3. The summed E-state index contributed by atoms with van der Waals surface area (Å²) >= 11 is 0. The zero-order valence-corrected chi connectivity index (χ0v) is 15.1. The number of hydrogen-bond donors (Lipinski definition) is 1. The number of methoxy groups -OCH3 is 1. The quantitative estimate of drug-likeness (QED) is 0.836. The Morgan fingerprint density at radius 3 is 2.36 bits per heavy atom. The lowest BCUT2D eigenvalue weighted by Crippen LogP contribution is -2.39. The number of primary amides is 1. The van der Waals surface area contributed by atoms with E-state index in [1.165, 1.54) is 31.4 Å². The van der Waals surface area contributed by atoms with Crippen LogP contribution in [0.15, 0.2) is 30.3 Å². The van der Waals surface area contributed by atoms with Crippen molar-refractivity contribution in [3.8, 4) is 23.0 Å². The molecule has 1 aromatic carbocycles. The fourth-order valence-electron chi connectivity index (χ4n) is 3.03. The Balaban J connectivity index is 1.82. The van der Waals surface area contributed by atoms with Crippen molar-refractivity contribution in [1.82, 2.24) is 9.97 Å². The smallest absolute Gasteiger partial charge is 0.467 e. The molecule has 1 amide bonds. The topological polar surface area (TPSA) is 90.6 Å². The summed E-state index contributed by atoms with van der Waals surface area (Å²) in [5.41, 5.74) is 6.45. The highest BCUT2D eigenvalue weighted by atomic mass is 19.4. The Hall–Kier alpha value is -3.04. The van der Waals surface area contributed by atoms with Crippen molar-refractivity contribution in [3.05, 3.63) is 30.3 Å². The number of benzene rings is 1. The van der Waals surface area contributed by atoms with E-state index in [-0.39, 0.29) is 23.6 Å². The molecule has 1 aromatic heterocycles. The van der Waals surface area contributed by atoms with Crippen molar-refractivity contribution in [2.45, 2.75) is 19.2 Å². The Morgan fingerprint density at radius 1 is 1.18 bits per heavy atom. The van der Waals surface area contributed by atoms with Crippen LogP contribution < -0.4 is 20.1 Å². The van der Waals surface area contributed by atoms with E-state index < -0.39 is 6.36 Å². The zero-order valence-electron chi connectivity index (χ0n) is 15.1. The molecule has 0 saturated carbocycles. The first kappa shape index (κ1) is 19.7. The van der Waals surface area contributed by atoms with Crippen LogP contribution in [0.1, 0.15) is 12.8 Å². The van der Waals surface area contributed by atoms with Crippen molar-refractivity contribution in [1.29, 1.82) is 0 Å². The molecule has 2 aromatic rings. The van der Waals surface area contributed by atoms with E-state index in [4.69, 9.17) is 10.5 Å². The number of amides is 1. The highest BCUT2D eigenvalue weighted by Gasteiger charge is 2.31. The minimum absolute atomic E-state index is 0.139. The first-order chi connectivity index (χ1) is 13.2. The van der Waals surface area contributed by atoms with Crippen LogP contribution in [-0.2, 0) is 4.79 Å². The minimum Gasteiger partial charge on any atom is -0.467 e. The molecule has 1 aliphatic rings. The van der Waals surface area contributed by atoms with Gasteiger partial charge in [-0.2, -0.15) is 9.97 Å². The number of anilines is 1. The SMILES string of the molecule is COc1nc(-c2ccc(OC(F)(F)F)cc2)cc(N2CCC(C(N)=O)CC2)n1. The van der Waals surface area contributed by atoms with Crippen LogP contribution in [0, 0.1) is 5.92 Å². The van der Waals surface area contributed by atoms with Gasteiger partial charge in [0.2, 0.25) is 5.91 Å². The molecule has 28 heavy (non-hydrogen) atoms. The summed E-state index contributed by atoms with van der Waals surface area (Å²) in [6.45, 7) is 1.21. The third-order valence-corrected chi connectivity index (χ3v) is 4.48. The molecule has 2 N–H and O–H groups in total. The predicted molar refractivity (Wildman–Crippen MR) is 94.8 cm³/mol. The van der Waals surface area contributed by atoms with Crippen LogP contribution >= 0.6 is 0 Å². The molecule has 3 rings (SSSR count). The first-order valence-electron chi connectivity index (χ1n) is 8.58. The third kappa shape index (κ3) is 4.81. The van der Waals surface area contributed by atoms with Gasteiger partial charge < -0.3 is 20.1 Å². The molecular weight excluding hydrogens is 377 g/mol. The van der Waals surface area contributed by atoms with Crippen molar-refractivity contribution < 1.29 is 27.4 Å². The molecular formula is C18H19F3N4O3. The van der Waals surface area contributed by atoms with Crippen LogP contribution in [-0.4, -0.2) is 42.4 Å². The van der Waals surface area contributed by atoms with Gasteiger partial charge in [-0.3, -0.25) is 4.79 Å². The number of carbonyl (C=O) groups excluding carboxylic acids is 1. The van der Waals surface area contributed by atoms with E-state index >= 15 is 0 Å². The molecule has 0 radical (unpaired) electrons. The van der Waals surface area contributed by atoms with Crippen LogP contribution in [0.5, 0.6) is 11.8 Å². The average Bonchev–Trinajstić information content (AvgIpc) is 2.67. The number of aromatic nitrogens is 2. The van der Waals surface area contributed by atoms with Gasteiger partial charge in [-0.15, -0.1) is 13.2 Å². The largest absolute Gasteiger partial charge is 0.573 e. The van der Waals surface area contributed by atoms with Gasteiger partial charge in [0.25, 0.3) is 0 Å². The second kappa shape index (κ2) is 7.91. The summed E-state index contributed by atoms with van der Waals surface area (Å²) in [5, 5.41) is 0. The fourth-order valence-corrected chi connectivity index (χ4v) is 3.03. The van der Waals surface area contributed by atoms with Crippen molar-refractivity contribution in [2.75, 3.05) is 25.1 Å². The third-order valence-electron chi connectivity index (χ3n) is 4.48. The average molecular weight is 396 g/mol. The van der Waals surface area contributed by atoms with E-state index in [1.54, 1.807) is 6.07 Å². The molecule has 0 spiro atoms. The van der Waals surface area contributed by atoms with Gasteiger partial charge >= 0.3 is 12.4 Å². The summed E-state index contributed by atoms with van der Waals surface area (Å²) in [7, 11) is 1.43. The Kier molecular flexibility index (Phi) is 5.57. The minimum atomic E-state index is -4.75. The molecule has 0 atom stereocenters. The van der Waals surface area contributed by atoms with Crippen LogP contribution in [0.4, 0.5) is 19.0 Å². The summed E-state index contributed by atoms with van der Waals surface area (Å²) in [6, 6.07) is 7.26. The second-order valence-corrected chi connectivity index (χ2v) is 6.33. The van der Waals surface area contributed by atoms with Gasteiger partial charge in [-0.1, -0.05) is 0 Å². The van der Waals surface area contributed by atoms with Gasteiger partial charge in [0.15, 0.2) is 0 Å². The maximum atomic E-state index is 12.3. The zero-order chi connectivity index (χ0) is 20.3. The molecule has 0 bridgehead atoms. The van der Waals surface area contributed by atoms with E-state index in [1.807, 2.05) is 4.90 Å². The Morgan fingerprint density at radius 2 is 1.82 bits per heavy atom. The molecule has 1 saturated heterocycles. The lowest BCUT2D eigenvalue weighted by Gasteiger charge is -2.31. The Labute approximate surface area is 159 Å². The molecule has 0 aliphatic carbocycles. The maximum Gasteiger partial charge on any atom is 0.573 e. The molecule has 0 unspecified atom stereocenters. The summed E-state index contributed by atoms with van der Waals surface area (Å²) in [5.74, 6) is -0.159. The summed E-state index contributed by atoms with van der Waals surface area (Å²) in [6.07, 6.45) is -3.50. The Bertz CT molecular complexity index is 835. The number of rotatable bonds is 5. The number of carbonyl (C=O) groups is 1. The number of ether oxygens (including phenoxy) is 2. The monoisotopic (exact) mass is 396 g/mol. The van der Waals surface area contributed by atoms with E-state index in [0.717, 1.165) is 0 Å². The lowest BCUT2D eigenvalue weighted by atomic mass is 9.96. The predicted octanol–water partition coefficient (Wildman–Crippen LogP) is 2.75. The van der Waals surface area contributed by atoms with Gasteiger partial charge in [0, 0.05) is 30.6 Å². The highest BCUT2D eigenvalue weighted by Crippen LogP contribution is 2.29. The summed E-state index contributed by atoms with van der Waals surface area (Å²) < 4.78 is 46.0. The van der Waals surface area contributed by atoms with Gasteiger partial charge in [0.05, 0.1) is 12.8 Å². The number of piperidine rings is 1. The van der Waals surface area contributed by atoms with Crippen molar-refractivity contribution >= 4 is 11.7 Å². The molecule has 10 heteroatoms. The standard InChI is InChI=1S/C18H19F3N4O3/c1-27-17-23-14(11-2-4-13(5-3-11)28-18(19,20)21)10-15(24-17)25-8-6-12(7-9-25)16(22)26/h2-5,10,12H,6-9H2,1H3,(H2,22,26). The fraction of sp³-hybridized carbons (Fsp3) is 0.389. The summed E-state index contributed by atoms with van der Waals surface area (Å²) in [4.78, 5) is 21.9. The molecule has 150 valence electrons. The van der Waals surface area contributed by atoms with Gasteiger partial charge in [-0.25, -0.2) is 0 Å². The number of nitrogens with zero attached hydrogens (tertiary/aromatic N) is 3. The maximum absolute atomic E-state index is 12.3. The van der Waals surface area contributed by atoms with E-state index in [2.05, 4.69) is 14.7 Å². The molecule has 1 fully saturated rings. The second-order valence-electron chi connectivity index (χ2n) is 6.33. The molecule has 7 nitrogen and oxygen atoms in total. The first-order valence-corrected chi connectivity index (χ1v) is 8.58. The highest BCUT2D eigenvalue weighted by molar-refractivity contribution is 5.77. The van der Waals surface area contributed by atoms with Gasteiger partial charge in [-0.05, 0) is 37.1 Å². The van der Waals surface area contributed by atoms with Crippen LogP contribution in [0.2, 0.25) is 0 Å². The normalized spacial score (nSPS) is 15.4. The lowest BCUT2D eigenvalue weighted by molar-refractivity contribution is -0.274. The number of hydrogen-bond acceptors (Lipinski definition) is 6. The van der Waals surface area contributed by atoms with Gasteiger partial charge in [0.1, 0.15) is 11.6 Å². The van der Waals surface area contributed by atoms with Crippen molar-refractivity contribution in [2.24, 2.45) is 11.7 Å². The van der Waals surface area contributed by atoms with Crippen molar-refractivity contribution in [3.63, 3.8) is 0 Å². The number of alkyl halides is 3. The van der Waals surface area contributed by atoms with Crippen LogP contribution in [0.3, 0.4) is 0 Å². The number of nitrogens with two attached hydrogens (primary N) is 1.